The minimum absolute atomic E-state index is 0.0689. The van der Waals surface area contributed by atoms with Gasteiger partial charge in [0.1, 0.15) is 5.82 Å². The van der Waals surface area contributed by atoms with Crippen molar-refractivity contribution < 1.29 is 18.7 Å². The van der Waals surface area contributed by atoms with Crippen LogP contribution in [0, 0.1) is 5.82 Å². The van der Waals surface area contributed by atoms with E-state index in [1.807, 2.05) is 23.1 Å². The summed E-state index contributed by atoms with van der Waals surface area (Å²) >= 11 is 0. The molecule has 1 amide bonds. The third kappa shape index (κ3) is 2.75. The first-order valence-corrected chi connectivity index (χ1v) is 9.40. The minimum atomic E-state index is -0.291. The lowest BCUT2D eigenvalue weighted by Gasteiger charge is -2.52. The van der Waals surface area contributed by atoms with Gasteiger partial charge in [-0.1, -0.05) is 18.2 Å². The average Bonchev–Trinajstić information content (AvgIpc) is 3.16. The number of carbonyl (C=O) groups excluding carboxylic acids is 1. The number of nitrogens with zero attached hydrogens (tertiary/aromatic N) is 1. The highest BCUT2D eigenvalue weighted by molar-refractivity contribution is 5.92. The van der Waals surface area contributed by atoms with E-state index < -0.39 is 0 Å². The molecule has 3 aliphatic rings. The smallest absolute Gasteiger partial charge is 0.233 e. The molecule has 0 aliphatic carbocycles. The van der Waals surface area contributed by atoms with Gasteiger partial charge in [-0.2, -0.15) is 0 Å². The van der Waals surface area contributed by atoms with Crippen LogP contribution in [0.3, 0.4) is 0 Å². The summed E-state index contributed by atoms with van der Waals surface area (Å²) in [5.74, 6) is 0.989. The second-order valence-electron chi connectivity index (χ2n) is 7.31. The molecule has 0 saturated carbocycles. The summed E-state index contributed by atoms with van der Waals surface area (Å²) in [4.78, 5) is 15.1. The lowest BCUT2D eigenvalue weighted by atomic mass is 9.76. The zero-order valence-corrected chi connectivity index (χ0v) is 14.9. The minimum Gasteiger partial charge on any atom is -0.454 e. The van der Waals surface area contributed by atoms with Crippen molar-refractivity contribution in [1.82, 2.24) is 10.2 Å². The number of β-lactam (4-membered cyclic amide) rings is 1. The monoisotopic (exact) mass is 368 g/mol. The number of amides is 1. The molecule has 0 aromatic heterocycles. The Kier molecular flexibility index (Phi) is 4.01. The first-order chi connectivity index (χ1) is 13.2. The first-order valence-electron chi connectivity index (χ1n) is 9.40. The first kappa shape index (κ1) is 16.6. The van der Waals surface area contributed by atoms with Crippen molar-refractivity contribution in [3.63, 3.8) is 0 Å². The molecule has 5 rings (SSSR count). The molecule has 3 aliphatic heterocycles. The van der Waals surface area contributed by atoms with Crippen LogP contribution in [0.2, 0.25) is 0 Å². The second-order valence-corrected chi connectivity index (χ2v) is 7.31. The summed E-state index contributed by atoms with van der Waals surface area (Å²) in [6, 6.07) is 12.3. The largest absolute Gasteiger partial charge is 0.454 e. The summed E-state index contributed by atoms with van der Waals surface area (Å²) in [6.45, 7) is 2.06. The number of likely N-dealkylation sites (tertiary alicyclic amines) is 1. The van der Waals surface area contributed by atoms with Crippen molar-refractivity contribution in [2.24, 2.45) is 0 Å². The highest BCUT2D eigenvalue weighted by Crippen LogP contribution is 2.50. The van der Waals surface area contributed by atoms with Gasteiger partial charge in [-0.3, -0.25) is 4.79 Å². The Morgan fingerprint density at radius 3 is 2.44 bits per heavy atom. The number of hydrogen-bond acceptors (Lipinski definition) is 4. The molecule has 5 nitrogen and oxygen atoms in total. The fraction of sp³-hybridized carbons (Fsp3) is 0.381. The Labute approximate surface area is 157 Å². The maximum atomic E-state index is 13.4. The predicted molar refractivity (Wildman–Crippen MR) is 97.2 cm³/mol. The van der Waals surface area contributed by atoms with Gasteiger partial charge in [0.05, 0.1) is 12.0 Å². The van der Waals surface area contributed by atoms with Gasteiger partial charge in [-0.15, -0.1) is 0 Å². The van der Waals surface area contributed by atoms with Crippen LogP contribution in [-0.2, 0) is 4.79 Å². The maximum absolute atomic E-state index is 13.4. The lowest BCUT2D eigenvalue weighted by Crippen LogP contribution is -2.59. The van der Waals surface area contributed by atoms with E-state index in [9.17, 15) is 9.18 Å². The van der Waals surface area contributed by atoms with Crippen LogP contribution in [0.1, 0.15) is 35.9 Å². The van der Waals surface area contributed by atoms with E-state index in [1.54, 1.807) is 12.1 Å². The van der Waals surface area contributed by atoms with Gasteiger partial charge < -0.3 is 19.7 Å². The van der Waals surface area contributed by atoms with Gasteiger partial charge in [0.25, 0.3) is 0 Å². The van der Waals surface area contributed by atoms with Crippen LogP contribution >= 0.6 is 0 Å². The van der Waals surface area contributed by atoms with E-state index >= 15 is 0 Å². The zero-order chi connectivity index (χ0) is 18.4. The number of hydrogen-bond donors (Lipinski definition) is 1. The Balaban J connectivity index is 1.52. The van der Waals surface area contributed by atoms with Gasteiger partial charge in [-0.25, -0.2) is 4.39 Å². The van der Waals surface area contributed by atoms with Crippen molar-refractivity contribution in [1.29, 1.82) is 0 Å². The van der Waals surface area contributed by atoms with E-state index in [2.05, 4.69) is 5.32 Å². The Hall–Kier alpha value is -2.60. The summed E-state index contributed by atoms with van der Waals surface area (Å²) in [5.41, 5.74) is 1.89. The third-order valence-corrected chi connectivity index (χ3v) is 5.81. The molecular formula is C21H21FN2O3. The Bertz CT molecular complexity index is 864. The number of rotatable bonds is 3. The van der Waals surface area contributed by atoms with Crippen molar-refractivity contribution in [2.45, 2.75) is 30.8 Å². The van der Waals surface area contributed by atoms with Gasteiger partial charge in [0, 0.05) is 6.04 Å². The fourth-order valence-corrected chi connectivity index (χ4v) is 4.45. The SMILES string of the molecule is O=C1[C@H](c2ccc(F)cc2)[C@@H](c2ccc3c(c2)OCO3)N1C1CCNCC1. The molecule has 2 saturated heterocycles. The molecule has 6 heteroatoms. The van der Waals surface area contributed by atoms with Crippen LogP contribution < -0.4 is 14.8 Å². The van der Waals surface area contributed by atoms with Crippen LogP contribution in [0.15, 0.2) is 42.5 Å². The number of halogens is 1. The maximum Gasteiger partial charge on any atom is 0.233 e. The summed E-state index contributed by atoms with van der Waals surface area (Å²) < 4.78 is 24.3. The molecule has 0 unspecified atom stereocenters. The van der Waals surface area contributed by atoms with Crippen molar-refractivity contribution >= 4 is 5.91 Å². The summed E-state index contributed by atoms with van der Waals surface area (Å²) in [6.07, 6.45) is 1.89. The van der Waals surface area contributed by atoms with Crippen LogP contribution in [0.4, 0.5) is 4.39 Å². The standard InChI is InChI=1S/C21H21FN2O3/c22-15-4-1-13(2-5-15)19-20(14-3-6-17-18(11-14)27-12-26-17)24(21(19)25)16-7-9-23-10-8-16/h1-6,11,16,19-20,23H,7-10,12H2/t19-,20-/m1/s1. The lowest BCUT2D eigenvalue weighted by molar-refractivity contribution is -0.155. The van der Waals surface area contributed by atoms with Crippen molar-refractivity contribution in [3.8, 4) is 11.5 Å². The van der Waals surface area contributed by atoms with Crippen LogP contribution in [-0.4, -0.2) is 36.7 Å². The molecule has 1 N–H and O–H groups in total. The number of ether oxygens (including phenoxy) is 2. The van der Waals surface area contributed by atoms with Crippen LogP contribution in [0.5, 0.6) is 11.5 Å². The van der Waals surface area contributed by atoms with E-state index in [1.165, 1.54) is 12.1 Å². The van der Waals surface area contributed by atoms with Gasteiger partial charge in [0.15, 0.2) is 11.5 Å². The van der Waals surface area contributed by atoms with Gasteiger partial charge in [-0.05, 0) is 61.3 Å². The molecule has 0 bridgehead atoms. The quantitative estimate of drug-likeness (QED) is 0.847. The summed E-state index contributed by atoms with van der Waals surface area (Å²) in [7, 11) is 0. The summed E-state index contributed by atoms with van der Waals surface area (Å²) in [5, 5.41) is 3.35. The average molecular weight is 368 g/mol. The number of piperidine rings is 1. The molecule has 140 valence electrons. The highest BCUT2D eigenvalue weighted by Gasteiger charge is 2.51. The molecule has 2 atom stereocenters. The molecule has 2 aromatic rings. The van der Waals surface area contributed by atoms with Gasteiger partial charge >= 0.3 is 0 Å². The number of fused-ring (bicyclic) bond motifs is 1. The van der Waals surface area contributed by atoms with E-state index in [0.29, 0.717) is 0 Å². The number of carbonyl (C=O) groups is 1. The molecule has 27 heavy (non-hydrogen) atoms. The molecule has 3 heterocycles. The van der Waals surface area contributed by atoms with E-state index in [-0.39, 0.29) is 36.5 Å². The molecule has 2 fully saturated rings. The normalized spacial score (nSPS) is 24.8. The van der Waals surface area contributed by atoms with Gasteiger partial charge in [0.2, 0.25) is 12.7 Å². The number of benzene rings is 2. The molecule has 0 spiro atoms. The Morgan fingerprint density at radius 2 is 1.67 bits per heavy atom. The van der Waals surface area contributed by atoms with Crippen molar-refractivity contribution in [2.75, 3.05) is 19.9 Å². The molecular weight excluding hydrogens is 347 g/mol. The number of nitrogens with one attached hydrogen (secondary N) is 1. The molecule has 0 radical (unpaired) electrons. The van der Waals surface area contributed by atoms with E-state index in [4.69, 9.17) is 9.47 Å². The van der Waals surface area contributed by atoms with Crippen molar-refractivity contribution in [3.05, 3.63) is 59.4 Å². The topological polar surface area (TPSA) is 50.8 Å². The second kappa shape index (κ2) is 6.53. The highest BCUT2D eigenvalue weighted by atomic mass is 19.1. The van der Waals surface area contributed by atoms with E-state index in [0.717, 1.165) is 48.6 Å². The third-order valence-electron chi connectivity index (χ3n) is 5.81. The Morgan fingerprint density at radius 1 is 0.963 bits per heavy atom. The fourth-order valence-electron chi connectivity index (χ4n) is 4.45. The zero-order valence-electron chi connectivity index (χ0n) is 14.9. The van der Waals surface area contributed by atoms with Crippen LogP contribution in [0.25, 0.3) is 0 Å². The predicted octanol–water partition coefficient (Wildman–Crippen LogP) is 2.97. The molecule has 2 aromatic carbocycles.